The van der Waals surface area contributed by atoms with Gasteiger partial charge >= 0.3 is 51.4 Å². The van der Waals surface area contributed by atoms with Crippen LogP contribution in [0.1, 0.15) is 66.7 Å². The maximum absolute atomic E-state index is 9.95. The van der Waals surface area contributed by atoms with Gasteiger partial charge in [0.05, 0.1) is 18.8 Å². The molecular formula is C24H51KO5Si2. The standard InChI is InChI=1S/C15H32O2Si2.C7H12O.C2H6O.K.H2O/c1-15(2,3)19(7,8)17-13-14(16)11-9-10-12-18(4,5)6;1-3-5-6-7(8)4-2;1-2-3;;/h14,16H,9,11,13H2,1-8H3;1,7-8H,4-6H2,2H3;3H,2H2,1H3;;1H2/q;;;+1;/p-1/t14-;7-;;;/m10.../s1. The van der Waals surface area contributed by atoms with Crippen molar-refractivity contribution in [3.8, 4) is 23.8 Å². The monoisotopic (exact) mass is 514 g/mol. The van der Waals surface area contributed by atoms with E-state index in [1.807, 2.05) is 6.92 Å². The van der Waals surface area contributed by atoms with E-state index in [2.05, 4.69) is 70.9 Å². The molecule has 0 aliphatic rings. The van der Waals surface area contributed by atoms with Gasteiger partial charge in [-0.25, -0.2) is 0 Å². The van der Waals surface area contributed by atoms with Crippen LogP contribution in [-0.4, -0.2) is 62.6 Å². The van der Waals surface area contributed by atoms with Gasteiger partial charge in [0.2, 0.25) is 0 Å². The SMILES string of the molecule is C#CCC[C@@H](O)CC.CC(C)(C)[Si](C)(C)OC[C@H](O)CCC#C[Si](C)(C)C.CCO.[K+].[OH-]. The third-order valence-electron chi connectivity index (χ3n) is 4.60. The van der Waals surface area contributed by atoms with Crippen molar-refractivity contribution < 1.29 is 76.6 Å². The smallest absolute Gasteiger partial charge is 0.870 e. The molecule has 0 bridgehead atoms. The zero-order chi connectivity index (χ0) is 24.4. The number of terminal acetylenes is 1. The van der Waals surface area contributed by atoms with Gasteiger partial charge in [-0.15, -0.1) is 23.8 Å². The van der Waals surface area contributed by atoms with Gasteiger partial charge in [0.15, 0.2) is 8.32 Å². The molecule has 0 aromatic carbocycles. The molecule has 4 N–H and O–H groups in total. The Morgan fingerprint density at radius 3 is 1.72 bits per heavy atom. The van der Waals surface area contributed by atoms with Crippen molar-refractivity contribution in [1.82, 2.24) is 0 Å². The second-order valence-corrected chi connectivity index (χ2v) is 19.5. The minimum Gasteiger partial charge on any atom is -0.870 e. The molecule has 0 radical (unpaired) electrons. The molecule has 0 heterocycles. The molecule has 32 heavy (non-hydrogen) atoms. The van der Waals surface area contributed by atoms with Gasteiger partial charge in [-0.3, -0.25) is 0 Å². The Morgan fingerprint density at radius 2 is 1.38 bits per heavy atom. The van der Waals surface area contributed by atoms with Gasteiger partial charge in [-0.2, -0.15) is 0 Å². The molecule has 0 aromatic heterocycles. The Kier molecular flexibility index (Phi) is 31.9. The van der Waals surface area contributed by atoms with E-state index in [1.165, 1.54) is 0 Å². The fourth-order valence-corrected chi connectivity index (χ4v) is 3.32. The molecule has 5 nitrogen and oxygen atoms in total. The normalized spacial score (nSPS) is 12.5. The summed E-state index contributed by atoms with van der Waals surface area (Å²) in [5.74, 6) is 5.66. The summed E-state index contributed by atoms with van der Waals surface area (Å²) in [5, 5.41) is 26.6. The van der Waals surface area contributed by atoms with Gasteiger partial charge in [0.1, 0.15) is 8.07 Å². The maximum Gasteiger partial charge on any atom is 1.00 e. The summed E-state index contributed by atoms with van der Waals surface area (Å²) < 4.78 is 6.00. The van der Waals surface area contributed by atoms with Crippen molar-refractivity contribution in [2.24, 2.45) is 0 Å². The summed E-state index contributed by atoms with van der Waals surface area (Å²) >= 11 is 0. The van der Waals surface area contributed by atoms with E-state index < -0.39 is 16.4 Å². The van der Waals surface area contributed by atoms with E-state index in [9.17, 15) is 5.11 Å². The molecule has 0 fully saturated rings. The molecule has 8 heteroatoms. The largest absolute Gasteiger partial charge is 1.00 e. The zero-order valence-electron chi connectivity index (χ0n) is 22.9. The fourth-order valence-electron chi connectivity index (χ4n) is 1.62. The van der Waals surface area contributed by atoms with Gasteiger partial charge < -0.3 is 25.2 Å². The summed E-state index contributed by atoms with van der Waals surface area (Å²) in [6, 6.07) is 0. The van der Waals surface area contributed by atoms with Crippen LogP contribution in [-0.2, 0) is 4.43 Å². The van der Waals surface area contributed by atoms with E-state index in [0.29, 0.717) is 19.4 Å². The summed E-state index contributed by atoms with van der Waals surface area (Å²) in [6.07, 6.45) is 8.12. The topological polar surface area (TPSA) is 99.9 Å². The van der Waals surface area contributed by atoms with E-state index >= 15 is 0 Å². The maximum atomic E-state index is 9.95. The Bertz CT molecular complexity index is 512. The molecule has 0 spiro atoms. The molecule has 0 aliphatic heterocycles. The summed E-state index contributed by atoms with van der Waals surface area (Å²) in [5.41, 5.74) is 3.32. The molecule has 186 valence electrons. The molecule has 0 aliphatic carbocycles. The molecule has 0 rings (SSSR count). The number of aliphatic hydroxyl groups is 3. The van der Waals surface area contributed by atoms with Crippen LogP contribution >= 0.6 is 0 Å². The minimum atomic E-state index is -1.73. The van der Waals surface area contributed by atoms with Gasteiger partial charge in [0.25, 0.3) is 0 Å². The first kappa shape index (κ1) is 43.1. The summed E-state index contributed by atoms with van der Waals surface area (Å²) in [4.78, 5) is 0. The van der Waals surface area contributed by atoms with Crippen molar-refractivity contribution in [2.45, 2.75) is 117 Å². The number of aliphatic hydroxyl groups excluding tert-OH is 3. The van der Waals surface area contributed by atoms with Crippen molar-refractivity contribution in [2.75, 3.05) is 13.2 Å². The van der Waals surface area contributed by atoms with Gasteiger partial charge in [0, 0.05) is 19.4 Å². The van der Waals surface area contributed by atoms with Crippen LogP contribution in [0.3, 0.4) is 0 Å². The van der Waals surface area contributed by atoms with E-state index in [1.54, 1.807) is 6.92 Å². The summed E-state index contributed by atoms with van der Waals surface area (Å²) in [6.45, 7) is 22.1. The number of rotatable bonds is 8. The molecule has 0 saturated carbocycles. The summed E-state index contributed by atoms with van der Waals surface area (Å²) in [7, 11) is -3.00. The van der Waals surface area contributed by atoms with Crippen molar-refractivity contribution in [1.29, 1.82) is 0 Å². The second kappa shape index (κ2) is 23.7. The first-order chi connectivity index (χ1) is 13.6. The van der Waals surface area contributed by atoms with Crippen LogP contribution in [0.4, 0.5) is 0 Å². The Labute approximate surface area is 244 Å². The minimum absolute atomic E-state index is 0. The number of hydrogen-bond donors (Lipinski definition) is 3. The molecule has 0 aromatic rings. The predicted octanol–water partition coefficient (Wildman–Crippen LogP) is 2.03. The van der Waals surface area contributed by atoms with Gasteiger partial charge in [-0.05, 0) is 44.3 Å². The second-order valence-electron chi connectivity index (χ2n) is 9.94. The molecule has 0 unspecified atom stereocenters. The van der Waals surface area contributed by atoms with Crippen LogP contribution < -0.4 is 51.4 Å². The molecule has 2 atom stereocenters. The first-order valence-electron chi connectivity index (χ1n) is 11.1. The Balaban J connectivity index is -0.000000157. The Morgan fingerprint density at radius 1 is 0.938 bits per heavy atom. The van der Waals surface area contributed by atoms with Crippen LogP contribution in [0, 0.1) is 23.8 Å². The molecule has 0 amide bonds. The third-order valence-corrected chi connectivity index (χ3v) is 10.0. The van der Waals surface area contributed by atoms with Crippen molar-refractivity contribution >= 4 is 16.4 Å². The molecular weight excluding hydrogens is 464 g/mol. The molecule has 0 saturated heterocycles. The van der Waals surface area contributed by atoms with E-state index in [-0.39, 0.29) is 80.7 Å². The van der Waals surface area contributed by atoms with E-state index in [0.717, 1.165) is 19.3 Å². The fraction of sp³-hybridized carbons (Fsp3) is 0.833. The van der Waals surface area contributed by atoms with Crippen LogP contribution in [0.2, 0.25) is 37.8 Å². The van der Waals surface area contributed by atoms with Crippen molar-refractivity contribution in [3.63, 3.8) is 0 Å². The average molecular weight is 515 g/mol. The van der Waals surface area contributed by atoms with Crippen LogP contribution in [0.5, 0.6) is 0 Å². The number of hydrogen-bond acceptors (Lipinski definition) is 5. The zero-order valence-corrected chi connectivity index (χ0v) is 28.0. The average Bonchev–Trinajstić information content (AvgIpc) is 2.61. The third kappa shape index (κ3) is 31.0. The van der Waals surface area contributed by atoms with E-state index in [4.69, 9.17) is 21.1 Å². The van der Waals surface area contributed by atoms with Gasteiger partial charge in [-0.1, -0.05) is 47.3 Å². The van der Waals surface area contributed by atoms with Crippen molar-refractivity contribution in [3.05, 3.63) is 0 Å². The van der Waals surface area contributed by atoms with Crippen LogP contribution in [0.25, 0.3) is 0 Å². The quantitative estimate of drug-likeness (QED) is 0.340. The van der Waals surface area contributed by atoms with Crippen LogP contribution in [0.15, 0.2) is 0 Å². The first-order valence-corrected chi connectivity index (χ1v) is 17.5. The predicted molar refractivity (Wildman–Crippen MR) is 139 cm³/mol. The Hall–Kier alpha value is 0.990.